The van der Waals surface area contributed by atoms with Crippen LogP contribution in [0, 0.1) is 28.6 Å². The second kappa shape index (κ2) is 3.74. The van der Waals surface area contributed by atoms with Gasteiger partial charge < -0.3 is 10.2 Å². The summed E-state index contributed by atoms with van der Waals surface area (Å²) in [6.07, 6.45) is 5.42. The van der Waals surface area contributed by atoms with Crippen LogP contribution in [-0.2, 0) is 9.59 Å². The van der Waals surface area contributed by atoms with Crippen LogP contribution in [0.5, 0.6) is 0 Å². The van der Waals surface area contributed by atoms with Gasteiger partial charge in [0.15, 0.2) is 0 Å². The highest BCUT2D eigenvalue weighted by Crippen LogP contribution is 2.57. The highest BCUT2D eigenvalue weighted by molar-refractivity contribution is 5.96. The summed E-state index contributed by atoms with van der Waals surface area (Å²) in [7, 11) is 0. The Labute approximate surface area is 97.7 Å². The molecule has 88 valence electrons. The van der Waals surface area contributed by atoms with Gasteiger partial charge in [-0.3, -0.25) is 0 Å². The van der Waals surface area contributed by atoms with Crippen molar-refractivity contribution in [3.8, 4) is 6.07 Å². The summed E-state index contributed by atoms with van der Waals surface area (Å²) >= 11 is 0. The number of carboxylic acids is 2. The summed E-state index contributed by atoms with van der Waals surface area (Å²) in [4.78, 5) is 21.9. The van der Waals surface area contributed by atoms with E-state index in [4.69, 9.17) is 15.5 Å². The maximum Gasteiger partial charge on any atom is 0.332 e. The van der Waals surface area contributed by atoms with Crippen molar-refractivity contribution in [2.45, 2.75) is 12.8 Å². The Bertz CT molecular complexity index is 485. The summed E-state index contributed by atoms with van der Waals surface area (Å²) in [6, 6.07) is 2.10. The number of allylic oxidation sites excluding steroid dienone is 2. The van der Waals surface area contributed by atoms with Gasteiger partial charge in [0.05, 0.1) is 17.6 Å². The molecule has 3 unspecified atom stereocenters. The molecule has 0 amide bonds. The van der Waals surface area contributed by atoms with Crippen molar-refractivity contribution in [2.75, 3.05) is 0 Å². The molecule has 0 heterocycles. The van der Waals surface area contributed by atoms with Crippen molar-refractivity contribution in [1.29, 1.82) is 5.26 Å². The zero-order valence-electron chi connectivity index (χ0n) is 8.96. The minimum absolute atomic E-state index is 0.187. The minimum Gasteiger partial charge on any atom is -0.478 e. The van der Waals surface area contributed by atoms with Gasteiger partial charge in [-0.2, -0.15) is 5.26 Å². The molecule has 0 radical (unpaired) electrons. The first-order valence-corrected chi connectivity index (χ1v) is 5.27. The molecule has 0 aliphatic heterocycles. The Morgan fingerprint density at radius 1 is 1.47 bits per heavy atom. The highest BCUT2D eigenvalue weighted by Gasteiger charge is 2.53. The summed E-state index contributed by atoms with van der Waals surface area (Å²) in [5.41, 5.74) is -1.10. The predicted molar refractivity (Wildman–Crippen MR) is 56.8 cm³/mol. The van der Waals surface area contributed by atoms with Crippen molar-refractivity contribution < 1.29 is 19.8 Å². The number of hydrogen-bond acceptors (Lipinski definition) is 3. The Morgan fingerprint density at radius 2 is 2.18 bits per heavy atom. The number of nitriles is 1. The van der Waals surface area contributed by atoms with Crippen LogP contribution in [0.15, 0.2) is 23.8 Å². The van der Waals surface area contributed by atoms with Crippen LogP contribution in [0.4, 0.5) is 0 Å². The summed E-state index contributed by atoms with van der Waals surface area (Å²) < 4.78 is 0. The van der Waals surface area contributed by atoms with Crippen LogP contribution in [-0.4, -0.2) is 22.2 Å². The molecule has 0 aromatic heterocycles. The summed E-state index contributed by atoms with van der Waals surface area (Å²) in [5, 5.41) is 26.9. The van der Waals surface area contributed by atoms with E-state index in [0.717, 1.165) is 0 Å². The lowest BCUT2D eigenvalue weighted by Crippen LogP contribution is -2.29. The molecule has 3 atom stereocenters. The number of rotatable bonds is 3. The van der Waals surface area contributed by atoms with E-state index in [1.807, 2.05) is 6.08 Å². The van der Waals surface area contributed by atoms with E-state index in [-0.39, 0.29) is 11.5 Å². The number of carboxylic acid groups (broad SMARTS) is 2. The number of fused-ring (bicyclic) bond motifs is 2. The van der Waals surface area contributed by atoms with E-state index >= 15 is 0 Å². The average Bonchev–Trinajstić information content (AvgIpc) is 2.82. The van der Waals surface area contributed by atoms with Crippen LogP contribution in [0.2, 0.25) is 0 Å². The number of nitrogens with zero attached hydrogens (tertiary/aromatic N) is 1. The maximum atomic E-state index is 11.2. The number of aliphatic carboxylic acids is 2. The van der Waals surface area contributed by atoms with Crippen molar-refractivity contribution >= 4 is 11.9 Å². The first-order valence-electron chi connectivity index (χ1n) is 5.27. The molecule has 5 heteroatoms. The molecular formula is C12H11NO4. The fourth-order valence-electron chi connectivity index (χ4n) is 2.89. The zero-order valence-corrected chi connectivity index (χ0v) is 8.96. The summed E-state index contributed by atoms with van der Waals surface area (Å²) in [5.74, 6) is -2.81. The van der Waals surface area contributed by atoms with Gasteiger partial charge in [0, 0.05) is 11.5 Å². The monoisotopic (exact) mass is 233 g/mol. The van der Waals surface area contributed by atoms with E-state index in [0.29, 0.717) is 18.9 Å². The molecule has 2 bridgehead atoms. The Morgan fingerprint density at radius 3 is 2.65 bits per heavy atom. The maximum absolute atomic E-state index is 11.2. The van der Waals surface area contributed by atoms with Gasteiger partial charge in [-0.25, -0.2) is 9.59 Å². The number of hydrogen-bond donors (Lipinski definition) is 2. The van der Waals surface area contributed by atoms with Gasteiger partial charge in [0.25, 0.3) is 0 Å². The first kappa shape index (κ1) is 11.4. The Kier molecular flexibility index (Phi) is 2.50. The Hall–Kier alpha value is -2.09. The van der Waals surface area contributed by atoms with Crippen LogP contribution < -0.4 is 0 Å². The molecule has 5 nitrogen and oxygen atoms in total. The SMILES string of the molecule is N#CC1CC2C=CC1(/C(=C/C(=O)O)C(=O)O)C2. The van der Waals surface area contributed by atoms with E-state index in [1.165, 1.54) is 0 Å². The molecule has 0 saturated heterocycles. The van der Waals surface area contributed by atoms with Crippen molar-refractivity contribution in [1.82, 2.24) is 0 Å². The van der Waals surface area contributed by atoms with Gasteiger partial charge in [-0.05, 0) is 18.8 Å². The van der Waals surface area contributed by atoms with E-state index < -0.39 is 23.3 Å². The van der Waals surface area contributed by atoms with Crippen molar-refractivity contribution in [2.24, 2.45) is 17.3 Å². The molecule has 0 spiro atoms. The molecule has 2 rings (SSSR count). The lowest BCUT2D eigenvalue weighted by Gasteiger charge is -2.28. The standard InChI is InChI=1S/C12H11NO4/c13-6-8-3-7-1-2-12(8,5-7)9(11(16)17)4-10(14)15/h1-2,4,7-8H,3,5H2,(H,14,15)(H,16,17)/b9-4+. The van der Waals surface area contributed by atoms with Crippen LogP contribution in [0.25, 0.3) is 0 Å². The third kappa shape index (κ3) is 1.62. The van der Waals surface area contributed by atoms with E-state index in [9.17, 15) is 9.59 Å². The van der Waals surface area contributed by atoms with Crippen molar-refractivity contribution in [3.05, 3.63) is 23.8 Å². The molecule has 1 fully saturated rings. The van der Waals surface area contributed by atoms with Crippen LogP contribution in [0.3, 0.4) is 0 Å². The van der Waals surface area contributed by atoms with Crippen LogP contribution >= 0.6 is 0 Å². The number of carbonyl (C=O) groups is 2. The second-order valence-corrected chi connectivity index (χ2v) is 4.48. The fourth-order valence-corrected chi connectivity index (χ4v) is 2.89. The normalized spacial score (nSPS) is 34.6. The van der Waals surface area contributed by atoms with Crippen molar-refractivity contribution in [3.63, 3.8) is 0 Å². The molecule has 1 saturated carbocycles. The smallest absolute Gasteiger partial charge is 0.332 e. The third-order valence-corrected chi connectivity index (χ3v) is 3.58. The van der Waals surface area contributed by atoms with E-state index in [1.54, 1.807) is 6.08 Å². The zero-order chi connectivity index (χ0) is 12.6. The quantitative estimate of drug-likeness (QED) is 0.563. The van der Waals surface area contributed by atoms with E-state index in [2.05, 4.69) is 6.07 Å². The minimum atomic E-state index is -1.29. The predicted octanol–water partition coefficient (Wildman–Crippen LogP) is 1.19. The molecule has 2 aliphatic rings. The molecule has 2 N–H and O–H groups in total. The Balaban J connectivity index is 2.50. The topological polar surface area (TPSA) is 98.4 Å². The molecule has 0 aromatic rings. The molecule has 2 aliphatic carbocycles. The molecule has 17 heavy (non-hydrogen) atoms. The van der Waals surface area contributed by atoms with Crippen LogP contribution in [0.1, 0.15) is 12.8 Å². The largest absolute Gasteiger partial charge is 0.478 e. The second-order valence-electron chi connectivity index (χ2n) is 4.48. The van der Waals surface area contributed by atoms with Gasteiger partial charge >= 0.3 is 11.9 Å². The summed E-state index contributed by atoms with van der Waals surface area (Å²) in [6.45, 7) is 0. The third-order valence-electron chi connectivity index (χ3n) is 3.58. The highest BCUT2D eigenvalue weighted by atomic mass is 16.4. The van der Waals surface area contributed by atoms with Gasteiger partial charge in [-0.1, -0.05) is 12.2 Å². The lowest BCUT2D eigenvalue weighted by molar-refractivity contribution is -0.136. The first-order chi connectivity index (χ1) is 7.99. The fraction of sp³-hybridized carbons (Fsp3) is 0.417. The van der Waals surface area contributed by atoms with Gasteiger partial charge in [0.2, 0.25) is 0 Å². The lowest BCUT2D eigenvalue weighted by atomic mass is 9.72. The van der Waals surface area contributed by atoms with Gasteiger partial charge in [-0.15, -0.1) is 0 Å². The van der Waals surface area contributed by atoms with Gasteiger partial charge in [0.1, 0.15) is 0 Å². The molecule has 0 aromatic carbocycles. The molecular weight excluding hydrogens is 222 g/mol. The average molecular weight is 233 g/mol.